The molecule has 0 saturated heterocycles. The number of halogens is 1. The minimum atomic E-state index is 0.736. The van der Waals surface area contributed by atoms with Crippen LogP contribution in [0.3, 0.4) is 0 Å². The summed E-state index contributed by atoms with van der Waals surface area (Å²) in [7, 11) is 1.66. The van der Waals surface area contributed by atoms with Crippen molar-refractivity contribution in [3.63, 3.8) is 0 Å². The fraction of sp³-hybridized carbons (Fsp3) is 0.0909. The summed E-state index contributed by atoms with van der Waals surface area (Å²) in [4.78, 5) is 0. The number of methoxy groups -OCH3 is 1. The van der Waals surface area contributed by atoms with Crippen molar-refractivity contribution in [3.8, 4) is 22.8 Å². The Hall–Kier alpha value is -2.76. The average molecular weight is 408 g/mol. The van der Waals surface area contributed by atoms with E-state index in [1.807, 2.05) is 66.7 Å². The number of hydrogen-bond donors (Lipinski definition) is 0. The predicted molar refractivity (Wildman–Crippen MR) is 114 cm³/mol. The first-order valence-electron chi connectivity index (χ1n) is 8.78. The van der Waals surface area contributed by atoms with Gasteiger partial charge in [0.25, 0.3) is 0 Å². The topological polar surface area (TPSA) is 39.9 Å². The molecule has 6 heteroatoms. The van der Waals surface area contributed by atoms with Crippen LogP contribution in [0.15, 0.2) is 84.0 Å². The molecule has 0 N–H and O–H groups in total. The van der Waals surface area contributed by atoms with Gasteiger partial charge in [0.2, 0.25) is 0 Å². The van der Waals surface area contributed by atoms with Gasteiger partial charge >= 0.3 is 0 Å². The molecule has 1 heterocycles. The largest absolute Gasteiger partial charge is 0.496 e. The second-order valence-electron chi connectivity index (χ2n) is 6.09. The van der Waals surface area contributed by atoms with Gasteiger partial charge in [-0.2, -0.15) is 0 Å². The maximum absolute atomic E-state index is 5.99. The molecule has 0 aliphatic rings. The van der Waals surface area contributed by atoms with E-state index in [2.05, 4.69) is 26.9 Å². The zero-order valence-corrected chi connectivity index (χ0v) is 16.8. The first kappa shape index (κ1) is 18.6. The lowest BCUT2D eigenvalue weighted by atomic mass is 10.2. The Morgan fingerprint density at radius 3 is 2.36 bits per heavy atom. The molecule has 0 atom stereocenters. The van der Waals surface area contributed by atoms with Crippen molar-refractivity contribution in [2.45, 2.75) is 10.9 Å². The first-order chi connectivity index (χ1) is 13.8. The summed E-state index contributed by atoms with van der Waals surface area (Å²) in [6, 6.07) is 25.8. The van der Waals surface area contributed by atoms with Gasteiger partial charge in [-0.15, -0.1) is 10.2 Å². The Balaban J connectivity index is 1.75. The maximum atomic E-state index is 5.99. The molecule has 0 bridgehead atoms. The van der Waals surface area contributed by atoms with Gasteiger partial charge in [-0.3, -0.25) is 4.57 Å². The summed E-state index contributed by atoms with van der Waals surface area (Å²) in [5, 5.41) is 10.5. The second kappa shape index (κ2) is 8.50. The van der Waals surface area contributed by atoms with E-state index in [-0.39, 0.29) is 0 Å². The van der Waals surface area contributed by atoms with Crippen LogP contribution in [-0.4, -0.2) is 21.9 Å². The van der Waals surface area contributed by atoms with E-state index in [0.717, 1.165) is 38.8 Å². The van der Waals surface area contributed by atoms with Crippen LogP contribution in [0.25, 0.3) is 17.1 Å². The van der Waals surface area contributed by atoms with Crippen LogP contribution < -0.4 is 4.74 Å². The van der Waals surface area contributed by atoms with E-state index < -0.39 is 0 Å². The van der Waals surface area contributed by atoms with E-state index in [4.69, 9.17) is 16.3 Å². The molecule has 0 aliphatic heterocycles. The summed E-state index contributed by atoms with van der Waals surface area (Å²) >= 11 is 7.62. The van der Waals surface area contributed by atoms with Gasteiger partial charge in [-0.25, -0.2) is 0 Å². The molecule has 140 valence electrons. The van der Waals surface area contributed by atoms with Crippen LogP contribution >= 0.6 is 23.4 Å². The highest BCUT2D eigenvalue weighted by atomic mass is 35.5. The lowest BCUT2D eigenvalue weighted by molar-refractivity contribution is 0.416. The van der Waals surface area contributed by atoms with Crippen molar-refractivity contribution in [3.05, 3.63) is 89.4 Å². The van der Waals surface area contributed by atoms with Gasteiger partial charge in [0.05, 0.1) is 12.7 Å². The van der Waals surface area contributed by atoms with Crippen LogP contribution in [0, 0.1) is 0 Å². The van der Waals surface area contributed by atoms with Crippen molar-refractivity contribution in [2.75, 3.05) is 7.11 Å². The van der Waals surface area contributed by atoms with Gasteiger partial charge in [0.15, 0.2) is 11.0 Å². The standard InChI is InChI=1S/C22H18ClN3OS/c1-27-20-10-6-5-9-19(20)21-24-25-22(26(21)18-7-3-2-4-8-18)28-15-16-11-13-17(23)14-12-16/h2-14H,15H2,1H3. The van der Waals surface area contributed by atoms with Crippen LogP contribution in [0.4, 0.5) is 0 Å². The minimum absolute atomic E-state index is 0.736. The fourth-order valence-corrected chi connectivity index (χ4v) is 3.94. The molecule has 0 fully saturated rings. The molecule has 28 heavy (non-hydrogen) atoms. The van der Waals surface area contributed by atoms with E-state index >= 15 is 0 Å². The van der Waals surface area contributed by atoms with Crippen molar-refractivity contribution in [1.29, 1.82) is 0 Å². The highest BCUT2D eigenvalue weighted by Gasteiger charge is 2.18. The normalized spacial score (nSPS) is 10.8. The van der Waals surface area contributed by atoms with Crippen molar-refractivity contribution in [1.82, 2.24) is 14.8 Å². The van der Waals surface area contributed by atoms with Crippen LogP contribution in [0.5, 0.6) is 5.75 Å². The Morgan fingerprint density at radius 1 is 0.893 bits per heavy atom. The maximum Gasteiger partial charge on any atom is 0.196 e. The monoisotopic (exact) mass is 407 g/mol. The fourth-order valence-electron chi connectivity index (χ4n) is 2.91. The van der Waals surface area contributed by atoms with Crippen molar-refractivity contribution < 1.29 is 4.74 Å². The first-order valence-corrected chi connectivity index (χ1v) is 10.1. The zero-order chi connectivity index (χ0) is 19.3. The summed E-state index contributed by atoms with van der Waals surface area (Å²) in [5.74, 6) is 2.29. The second-order valence-corrected chi connectivity index (χ2v) is 7.47. The number of ether oxygens (including phenoxy) is 1. The third-order valence-electron chi connectivity index (χ3n) is 4.28. The number of para-hydroxylation sites is 2. The average Bonchev–Trinajstić information content (AvgIpc) is 3.17. The van der Waals surface area contributed by atoms with Crippen LogP contribution in [0.2, 0.25) is 5.02 Å². The third-order valence-corrected chi connectivity index (χ3v) is 5.53. The van der Waals surface area contributed by atoms with E-state index in [1.165, 1.54) is 5.56 Å². The van der Waals surface area contributed by atoms with Crippen molar-refractivity contribution >= 4 is 23.4 Å². The van der Waals surface area contributed by atoms with Crippen molar-refractivity contribution in [2.24, 2.45) is 0 Å². The summed E-state index contributed by atoms with van der Waals surface area (Å²) in [6.07, 6.45) is 0. The van der Waals surface area contributed by atoms with Gasteiger partial charge in [-0.05, 0) is 42.0 Å². The Bertz CT molecular complexity index is 1060. The molecule has 1 aromatic heterocycles. The Morgan fingerprint density at radius 2 is 1.61 bits per heavy atom. The number of thioether (sulfide) groups is 1. The molecule has 4 rings (SSSR count). The summed E-state index contributed by atoms with van der Waals surface area (Å²) in [6.45, 7) is 0. The lowest BCUT2D eigenvalue weighted by Crippen LogP contribution is -2.00. The molecule has 3 aromatic carbocycles. The van der Waals surface area contributed by atoms with Crippen LogP contribution in [0.1, 0.15) is 5.56 Å². The highest BCUT2D eigenvalue weighted by molar-refractivity contribution is 7.98. The number of aromatic nitrogens is 3. The molecular formula is C22H18ClN3OS. The molecule has 4 nitrogen and oxygen atoms in total. The molecule has 0 unspecified atom stereocenters. The lowest BCUT2D eigenvalue weighted by Gasteiger charge is -2.12. The number of hydrogen-bond acceptors (Lipinski definition) is 4. The number of benzene rings is 3. The summed E-state index contributed by atoms with van der Waals surface area (Å²) in [5.41, 5.74) is 3.09. The summed E-state index contributed by atoms with van der Waals surface area (Å²) < 4.78 is 7.61. The van der Waals surface area contributed by atoms with Gasteiger partial charge in [0, 0.05) is 16.5 Å². The smallest absolute Gasteiger partial charge is 0.196 e. The Kier molecular flexibility index (Phi) is 5.65. The van der Waals surface area contributed by atoms with Gasteiger partial charge in [-0.1, -0.05) is 65.8 Å². The van der Waals surface area contributed by atoms with Gasteiger partial charge in [0.1, 0.15) is 5.75 Å². The number of rotatable bonds is 6. The molecule has 4 aromatic rings. The van der Waals surface area contributed by atoms with E-state index in [0.29, 0.717) is 0 Å². The molecule has 0 amide bonds. The number of nitrogens with zero attached hydrogens (tertiary/aromatic N) is 3. The quantitative estimate of drug-likeness (QED) is 0.374. The predicted octanol–water partition coefficient (Wildman–Crippen LogP) is 5.89. The molecule has 0 radical (unpaired) electrons. The van der Waals surface area contributed by atoms with E-state index in [1.54, 1.807) is 18.9 Å². The zero-order valence-electron chi connectivity index (χ0n) is 15.2. The molecule has 0 saturated carbocycles. The SMILES string of the molecule is COc1ccccc1-c1nnc(SCc2ccc(Cl)cc2)n1-c1ccccc1. The highest BCUT2D eigenvalue weighted by Crippen LogP contribution is 2.34. The molecule has 0 spiro atoms. The Labute approximate surface area is 173 Å². The third kappa shape index (κ3) is 3.91. The van der Waals surface area contributed by atoms with Gasteiger partial charge < -0.3 is 4.74 Å². The van der Waals surface area contributed by atoms with Crippen LogP contribution in [-0.2, 0) is 5.75 Å². The molecule has 0 aliphatic carbocycles. The molecular weight excluding hydrogens is 390 g/mol. The minimum Gasteiger partial charge on any atom is -0.496 e. The van der Waals surface area contributed by atoms with E-state index in [9.17, 15) is 0 Å².